The van der Waals surface area contributed by atoms with Gasteiger partial charge in [0.2, 0.25) is 5.89 Å². The summed E-state index contributed by atoms with van der Waals surface area (Å²) in [5.74, 6) is 1.51. The molecule has 0 radical (unpaired) electrons. The van der Waals surface area contributed by atoms with Gasteiger partial charge in [0.25, 0.3) is 5.91 Å². The minimum absolute atomic E-state index is 0.0545. The monoisotopic (exact) mass is 476 g/mol. The Kier molecular flexibility index (Phi) is 7.04. The minimum atomic E-state index is -4.35. The van der Waals surface area contributed by atoms with Gasteiger partial charge < -0.3 is 9.42 Å². The molecule has 4 rings (SSSR count). The van der Waals surface area contributed by atoms with Gasteiger partial charge in [-0.25, -0.2) is 0 Å². The highest BCUT2D eigenvalue weighted by molar-refractivity contribution is 7.98. The minimum Gasteiger partial charge on any atom is -0.340 e. The molecule has 0 bridgehead atoms. The molecule has 0 spiro atoms. The van der Waals surface area contributed by atoms with E-state index in [4.69, 9.17) is 4.52 Å². The van der Waals surface area contributed by atoms with E-state index in [1.807, 2.05) is 18.2 Å². The lowest BCUT2D eigenvalue weighted by Crippen LogP contribution is -2.48. The number of carbonyl (C=O) groups is 1. The molecule has 0 unspecified atom stereocenters. The second-order valence-electron chi connectivity index (χ2n) is 7.78. The summed E-state index contributed by atoms with van der Waals surface area (Å²) < 4.78 is 43.9. The Bertz CT molecular complexity index is 1110. The van der Waals surface area contributed by atoms with Crippen LogP contribution in [0.2, 0.25) is 0 Å². The molecule has 1 saturated heterocycles. The highest BCUT2D eigenvalue weighted by atomic mass is 32.2. The summed E-state index contributed by atoms with van der Waals surface area (Å²) in [5, 5.41) is 3.89. The Morgan fingerprint density at radius 1 is 1.09 bits per heavy atom. The van der Waals surface area contributed by atoms with Crippen LogP contribution in [0.25, 0.3) is 0 Å². The van der Waals surface area contributed by atoms with Gasteiger partial charge in [-0.05, 0) is 23.8 Å². The number of piperazine rings is 1. The zero-order chi connectivity index (χ0) is 23.4. The first-order valence-corrected chi connectivity index (χ1v) is 11.5. The molecule has 1 amide bonds. The fourth-order valence-corrected chi connectivity index (χ4v) is 4.58. The zero-order valence-corrected chi connectivity index (χ0v) is 18.8. The molecule has 2 heterocycles. The van der Waals surface area contributed by atoms with Gasteiger partial charge in [-0.15, -0.1) is 11.8 Å². The molecule has 1 fully saturated rings. The Labute approximate surface area is 193 Å². The third kappa shape index (κ3) is 5.94. The molecule has 2 aromatic carbocycles. The summed E-state index contributed by atoms with van der Waals surface area (Å²) in [6.07, 6.45) is -4.35. The van der Waals surface area contributed by atoms with Crippen LogP contribution in [-0.4, -0.2) is 52.0 Å². The number of thioether (sulfide) groups is 1. The van der Waals surface area contributed by atoms with E-state index in [0.717, 1.165) is 11.0 Å². The summed E-state index contributed by atoms with van der Waals surface area (Å²) >= 11 is 1.48. The molecule has 0 aliphatic carbocycles. The standard InChI is InChI=1S/C23H23F3N4O2S/c1-16-27-21(28-32-16)15-33-20-8-3-2-7-19(20)22(31)30-11-9-29(10-12-30)14-17-5-4-6-18(13-17)23(24,25)26/h2-8,13H,9-12,14-15H2,1H3. The van der Waals surface area contributed by atoms with Crippen molar-refractivity contribution in [2.75, 3.05) is 26.2 Å². The molecule has 0 saturated carbocycles. The molecule has 1 aromatic heterocycles. The number of nitrogens with zero attached hydrogens (tertiary/aromatic N) is 4. The number of aryl methyl sites for hydroxylation is 1. The maximum atomic E-state index is 13.2. The highest BCUT2D eigenvalue weighted by Crippen LogP contribution is 2.30. The van der Waals surface area contributed by atoms with E-state index in [9.17, 15) is 18.0 Å². The zero-order valence-electron chi connectivity index (χ0n) is 18.0. The van der Waals surface area contributed by atoms with Gasteiger partial charge >= 0.3 is 6.18 Å². The number of aromatic nitrogens is 2. The third-order valence-electron chi connectivity index (χ3n) is 5.36. The second-order valence-corrected chi connectivity index (χ2v) is 8.80. The average Bonchev–Trinajstić information content (AvgIpc) is 3.23. The molecule has 0 atom stereocenters. The van der Waals surface area contributed by atoms with E-state index in [0.29, 0.717) is 61.3 Å². The highest BCUT2D eigenvalue weighted by Gasteiger charge is 2.30. The molecule has 33 heavy (non-hydrogen) atoms. The topological polar surface area (TPSA) is 62.5 Å². The van der Waals surface area contributed by atoms with Crippen LogP contribution in [0.1, 0.15) is 33.2 Å². The summed E-state index contributed by atoms with van der Waals surface area (Å²) in [6.45, 7) is 4.37. The number of carbonyl (C=O) groups excluding carboxylic acids is 1. The molecule has 10 heteroatoms. The van der Waals surface area contributed by atoms with Crippen molar-refractivity contribution in [3.63, 3.8) is 0 Å². The third-order valence-corrected chi connectivity index (χ3v) is 6.43. The smallest absolute Gasteiger partial charge is 0.340 e. The molecule has 1 aliphatic heterocycles. The number of benzene rings is 2. The van der Waals surface area contributed by atoms with Gasteiger partial charge in [0.15, 0.2) is 5.82 Å². The predicted octanol–water partition coefficient (Wildman–Crippen LogP) is 4.65. The van der Waals surface area contributed by atoms with Crippen LogP contribution in [-0.2, 0) is 18.5 Å². The van der Waals surface area contributed by atoms with Crippen molar-refractivity contribution < 1.29 is 22.5 Å². The largest absolute Gasteiger partial charge is 0.416 e. The van der Waals surface area contributed by atoms with Crippen molar-refractivity contribution in [2.24, 2.45) is 0 Å². The van der Waals surface area contributed by atoms with E-state index in [-0.39, 0.29) is 5.91 Å². The van der Waals surface area contributed by atoms with Crippen LogP contribution in [0, 0.1) is 6.92 Å². The molecule has 174 valence electrons. The molecule has 1 aliphatic rings. The Morgan fingerprint density at radius 2 is 1.85 bits per heavy atom. The SMILES string of the molecule is Cc1nc(CSc2ccccc2C(=O)N2CCN(Cc3cccc(C(F)(F)F)c3)CC2)no1. The van der Waals surface area contributed by atoms with E-state index in [2.05, 4.69) is 15.0 Å². The van der Waals surface area contributed by atoms with Gasteiger partial charge in [-0.3, -0.25) is 9.69 Å². The predicted molar refractivity (Wildman–Crippen MR) is 118 cm³/mol. The molecular formula is C23H23F3N4O2S. The average molecular weight is 477 g/mol. The van der Waals surface area contributed by atoms with E-state index >= 15 is 0 Å². The van der Waals surface area contributed by atoms with Crippen LogP contribution in [0.4, 0.5) is 13.2 Å². The van der Waals surface area contributed by atoms with Crippen molar-refractivity contribution in [3.8, 4) is 0 Å². The van der Waals surface area contributed by atoms with Gasteiger partial charge in [0.1, 0.15) is 0 Å². The first-order valence-electron chi connectivity index (χ1n) is 10.5. The van der Waals surface area contributed by atoms with E-state index in [1.54, 1.807) is 24.0 Å². The number of rotatable bonds is 6. The molecule has 0 N–H and O–H groups in total. The summed E-state index contributed by atoms with van der Waals surface area (Å²) in [7, 11) is 0. The number of halogens is 3. The molecule has 6 nitrogen and oxygen atoms in total. The van der Waals surface area contributed by atoms with E-state index in [1.165, 1.54) is 23.9 Å². The Morgan fingerprint density at radius 3 is 2.55 bits per heavy atom. The second kappa shape index (κ2) is 9.96. The van der Waals surface area contributed by atoms with Gasteiger partial charge in [-0.2, -0.15) is 18.2 Å². The fourth-order valence-electron chi connectivity index (χ4n) is 3.70. The summed E-state index contributed by atoms with van der Waals surface area (Å²) in [5.41, 5.74) is 0.594. The maximum Gasteiger partial charge on any atom is 0.416 e. The fraction of sp³-hybridized carbons (Fsp3) is 0.348. The van der Waals surface area contributed by atoms with Crippen molar-refractivity contribution >= 4 is 17.7 Å². The van der Waals surface area contributed by atoms with Crippen LogP contribution >= 0.6 is 11.8 Å². The lowest BCUT2D eigenvalue weighted by atomic mass is 10.1. The molecular weight excluding hydrogens is 453 g/mol. The Hall–Kier alpha value is -2.85. The van der Waals surface area contributed by atoms with Crippen LogP contribution in [0.5, 0.6) is 0 Å². The van der Waals surface area contributed by atoms with Crippen LogP contribution in [0.3, 0.4) is 0 Å². The number of alkyl halides is 3. The van der Waals surface area contributed by atoms with Gasteiger partial charge in [-0.1, -0.05) is 35.5 Å². The Balaban J connectivity index is 1.35. The molecule has 3 aromatic rings. The lowest BCUT2D eigenvalue weighted by molar-refractivity contribution is -0.137. The van der Waals surface area contributed by atoms with Crippen molar-refractivity contribution in [1.29, 1.82) is 0 Å². The normalized spacial score (nSPS) is 15.1. The number of amides is 1. The quantitative estimate of drug-likeness (QED) is 0.483. The van der Waals surface area contributed by atoms with Crippen LogP contribution < -0.4 is 0 Å². The van der Waals surface area contributed by atoms with Crippen LogP contribution in [0.15, 0.2) is 57.9 Å². The van der Waals surface area contributed by atoms with Gasteiger partial charge in [0.05, 0.1) is 16.9 Å². The number of hydrogen-bond donors (Lipinski definition) is 0. The van der Waals surface area contributed by atoms with Gasteiger partial charge in [0, 0.05) is 44.5 Å². The summed E-state index contributed by atoms with van der Waals surface area (Å²) in [4.78, 5) is 22.1. The van der Waals surface area contributed by atoms with Crippen molar-refractivity contribution in [3.05, 3.63) is 76.9 Å². The van der Waals surface area contributed by atoms with Crippen molar-refractivity contribution in [2.45, 2.75) is 30.3 Å². The van der Waals surface area contributed by atoms with Crippen molar-refractivity contribution in [1.82, 2.24) is 19.9 Å². The first-order chi connectivity index (χ1) is 15.8. The maximum absolute atomic E-state index is 13.2. The lowest BCUT2D eigenvalue weighted by Gasteiger charge is -2.35. The summed E-state index contributed by atoms with van der Waals surface area (Å²) in [6, 6.07) is 12.8. The number of hydrogen-bond acceptors (Lipinski definition) is 6. The first kappa shape index (κ1) is 23.3. The van der Waals surface area contributed by atoms with E-state index < -0.39 is 11.7 Å².